The van der Waals surface area contributed by atoms with E-state index < -0.39 is 5.54 Å². The van der Waals surface area contributed by atoms with Gasteiger partial charge in [-0.3, -0.25) is 0 Å². The number of azo groups is 1. The van der Waals surface area contributed by atoms with E-state index in [1.54, 1.807) is 0 Å². The SMILES string of the molecule is CC(C#N)(/N=N/c1ccc(OCc2ccccc2)cc1)C1CCOCC1. The highest BCUT2D eigenvalue weighted by Crippen LogP contribution is 2.31. The first-order chi connectivity index (χ1) is 12.7. The van der Waals surface area contributed by atoms with Crippen LogP contribution in [0.25, 0.3) is 0 Å². The van der Waals surface area contributed by atoms with Gasteiger partial charge in [0.1, 0.15) is 12.4 Å². The van der Waals surface area contributed by atoms with Crippen LogP contribution >= 0.6 is 0 Å². The second-order valence-electron chi connectivity index (χ2n) is 6.61. The highest BCUT2D eigenvalue weighted by Gasteiger charge is 2.35. The molecule has 1 heterocycles. The molecule has 1 atom stereocenters. The van der Waals surface area contributed by atoms with E-state index in [4.69, 9.17) is 9.47 Å². The molecule has 2 aromatic carbocycles. The molecule has 0 aliphatic carbocycles. The summed E-state index contributed by atoms with van der Waals surface area (Å²) >= 11 is 0. The normalized spacial score (nSPS) is 17.5. The molecular formula is C21H23N3O2. The predicted molar refractivity (Wildman–Crippen MR) is 99.3 cm³/mol. The molecule has 1 aliphatic rings. The number of hydrogen-bond donors (Lipinski definition) is 0. The van der Waals surface area contributed by atoms with Gasteiger partial charge in [-0.15, -0.1) is 0 Å². The molecule has 0 bridgehead atoms. The number of nitrogens with zero attached hydrogens (tertiary/aromatic N) is 3. The number of nitriles is 1. The predicted octanol–water partition coefficient (Wildman–Crippen LogP) is 5.06. The van der Waals surface area contributed by atoms with Crippen molar-refractivity contribution in [2.45, 2.75) is 31.9 Å². The fourth-order valence-corrected chi connectivity index (χ4v) is 2.97. The van der Waals surface area contributed by atoms with E-state index in [9.17, 15) is 5.26 Å². The van der Waals surface area contributed by atoms with Gasteiger partial charge in [0.25, 0.3) is 0 Å². The second kappa shape index (κ2) is 8.59. The van der Waals surface area contributed by atoms with Gasteiger partial charge < -0.3 is 9.47 Å². The minimum Gasteiger partial charge on any atom is -0.489 e. The summed E-state index contributed by atoms with van der Waals surface area (Å²) in [5.74, 6) is 0.957. The fraction of sp³-hybridized carbons (Fsp3) is 0.381. The summed E-state index contributed by atoms with van der Waals surface area (Å²) < 4.78 is 11.1. The maximum Gasteiger partial charge on any atom is 0.168 e. The standard InChI is InChI=1S/C21H23N3O2/c1-21(16-22,18-11-13-25-14-12-18)24-23-19-7-9-20(10-8-19)26-15-17-5-3-2-4-6-17/h2-10,18H,11-15H2,1H3/b24-23+. The van der Waals surface area contributed by atoms with Crippen LogP contribution in [0.3, 0.4) is 0 Å². The van der Waals surface area contributed by atoms with Crippen molar-refractivity contribution in [2.24, 2.45) is 16.1 Å². The monoisotopic (exact) mass is 349 g/mol. The number of benzene rings is 2. The van der Waals surface area contributed by atoms with E-state index in [1.807, 2.05) is 61.5 Å². The average molecular weight is 349 g/mol. The van der Waals surface area contributed by atoms with Crippen molar-refractivity contribution in [3.8, 4) is 11.8 Å². The summed E-state index contributed by atoms with van der Waals surface area (Å²) in [6.45, 7) is 3.75. The molecule has 1 unspecified atom stereocenters. The van der Waals surface area contributed by atoms with Crippen molar-refractivity contribution in [3.05, 3.63) is 60.2 Å². The molecule has 3 rings (SSSR count). The Morgan fingerprint density at radius 3 is 2.46 bits per heavy atom. The lowest BCUT2D eigenvalue weighted by Gasteiger charge is -2.30. The van der Waals surface area contributed by atoms with Crippen LogP contribution in [0.4, 0.5) is 5.69 Å². The molecule has 0 amide bonds. The Labute approximate surface area is 154 Å². The van der Waals surface area contributed by atoms with Crippen LogP contribution in [0.2, 0.25) is 0 Å². The molecule has 0 aromatic heterocycles. The number of hydrogen-bond acceptors (Lipinski definition) is 5. The summed E-state index contributed by atoms with van der Waals surface area (Å²) in [5, 5.41) is 18.2. The van der Waals surface area contributed by atoms with Gasteiger partial charge in [0.2, 0.25) is 0 Å². The number of ether oxygens (including phenoxy) is 2. The minimum atomic E-state index is -0.813. The first-order valence-corrected chi connectivity index (χ1v) is 8.88. The molecule has 26 heavy (non-hydrogen) atoms. The van der Waals surface area contributed by atoms with Crippen LogP contribution in [0.5, 0.6) is 5.75 Å². The average Bonchev–Trinajstić information content (AvgIpc) is 2.72. The first-order valence-electron chi connectivity index (χ1n) is 8.88. The van der Waals surface area contributed by atoms with Gasteiger partial charge in [0, 0.05) is 19.1 Å². The third-order valence-corrected chi connectivity index (χ3v) is 4.70. The van der Waals surface area contributed by atoms with Crippen LogP contribution in [0.15, 0.2) is 64.8 Å². The molecule has 5 heteroatoms. The van der Waals surface area contributed by atoms with Gasteiger partial charge in [-0.25, -0.2) is 0 Å². The van der Waals surface area contributed by atoms with E-state index in [0.717, 1.165) is 24.2 Å². The highest BCUT2D eigenvalue weighted by molar-refractivity contribution is 5.40. The van der Waals surface area contributed by atoms with Crippen molar-refractivity contribution in [1.29, 1.82) is 5.26 Å². The Hall–Kier alpha value is -2.71. The molecule has 2 aromatic rings. The zero-order valence-electron chi connectivity index (χ0n) is 15.0. The lowest BCUT2D eigenvalue weighted by Crippen LogP contribution is -2.35. The van der Waals surface area contributed by atoms with Crippen LogP contribution in [0, 0.1) is 17.2 Å². The van der Waals surface area contributed by atoms with E-state index in [2.05, 4.69) is 16.3 Å². The molecule has 1 aliphatic heterocycles. The van der Waals surface area contributed by atoms with Gasteiger partial charge in [-0.05, 0) is 49.6 Å². The van der Waals surface area contributed by atoms with Crippen LogP contribution < -0.4 is 4.74 Å². The van der Waals surface area contributed by atoms with Gasteiger partial charge in [-0.1, -0.05) is 30.3 Å². The van der Waals surface area contributed by atoms with Gasteiger partial charge in [0.15, 0.2) is 5.54 Å². The van der Waals surface area contributed by atoms with E-state index in [-0.39, 0.29) is 5.92 Å². The molecular weight excluding hydrogens is 326 g/mol. The van der Waals surface area contributed by atoms with Crippen LogP contribution in [-0.4, -0.2) is 18.8 Å². The van der Waals surface area contributed by atoms with E-state index in [0.29, 0.717) is 25.5 Å². The van der Waals surface area contributed by atoms with Crippen LogP contribution in [0.1, 0.15) is 25.3 Å². The van der Waals surface area contributed by atoms with E-state index in [1.165, 1.54) is 0 Å². The zero-order chi connectivity index (χ0) is 18.2. The third kappa shape index (κ3) is 4.68. The Bertz CT molecular complexity index is 762. The van der Waals surface area contributed by atoms with Crippen LogP contribution in [-0.2, 0) is 11.3 Å². The lowest BCUT2D eigenvalue weighted by atomic mass is 9.82. The molecule has 1 fully saturated rings. The maximum absolute atomic E-state index is 9.57. The van der Waals surface area contributed by atoms with Gasteiger partial charge in [-0.2, -0.15) is 15.5 Å². The molecule has 5 nitrogen and oxygen atoms in total. The summed E-state index contributed by atoms with van der Waals surface area (Å²) in [5.41, 5.74) is 1.02. The van der Waals surface area contributed by atoms with Crippen molar-refractivity contribution in [2.75, 3.05) is 13.2 Å². The Morgan fingerprint density at radius 1 is 1.12 bits per heavy atom. The maximum atomic E-state index is 9.57. The molecule has 1 saturated heterocycles. The Morgan fingerprint density at radius 2 is 1.81 bits per heavy atom. The van der Waals surface area contributed by atoms with Crippen molar-refractivity contribution >= 4 is 5.69 Å². The molecule has 0 spiro atoms. The quantitative estimate of drug-likeness (QED) is 0.685. The summed E-state index contributed by atoms with van der Waals surface area (Å²) in [7, 11) is 0. The first kappa shape index (κ1) is 18.1. The fourth-order valence-electron chi connectivity index (χ4n) is 2.97. The molecule has 134 valence electrons. The lowest BCUT2D eigenvalue weighted by molar-refractivity contribution is 0.0508. The smallest absolute Gasteiger partial charge is 0.168 e. The van der Waals surface area contributed by atoms with Crippen molar-refractivity contribution < 1.29 is 9.47 Å². The van der Waals surface area contributed by atoms with Gasteiger partial charge >= 0.3 is 0 Å². The largest absolute Gasteiger partial charge is 0.489 e. The number of rotatable bonds is 6. The van der Waals surface area contributed by atoms with Gasteiger partial charge in [0.05, 0.1) is 11.8 Å². The molecule has 0 N–H and O–H groups in total. The summed E-state index contributed by atoms with van der Waals surface area (Å²) in [6, 6.07) is 19.8. The van der Waals surface area contributed by atoms with Crippen molar-refractivity contribution in [1.82, 2.24) is 0 Å². The Balaban J connectivity index is 1.61. The topological polar surface area (TPSA) is 67.0 Å². The summed E-state index contributed by atoms with van der Waals surface area (Å²) in [4.78, 5) is 0. The highest BCUT2D eigenvalue weighted by atomic mass is 16.5. The van der Waals surface area contributed by atoms with E-state index >= 15 is 0 Å². The van der Waals surface area contributed by atoms with Crippen molar-refractivity contribution in [3.63, 3.8) is 0 Å². The third-order valence-electron chi connectivity index (χ3n) is 4.70. The second-order valence-corrected chi connectivity index (χ2v) is 6.61. The molecule has 0 saturated carbocycles. The molecule has 0 radical (unpaired) electrons. The Kier molecular flexibility index (Phi) is 5.98. The zero-order valence-corrected chi connectivity index (χ0v) is 15.0. The minimum absolute atomic E-state index is 0.179. The summed E-state index contributed by atoms with van der Waals surface area (Å²) in [6.07, 6.45) is 1.69.